The summed E-state index contributed by atoms with van der Waals surface area (Å²) < 4.78 is 19.6. The highest BCUT2D eigenvalue weighted by molar-refractivity contribution is 5.94. The summed E-state index contributed by atoms with van der Waals surface area (Å²) in [6, 6.07) is 7.65. The lowest BCUT2D eigenvalue weighted by molar-refractivity contribution is -0.0662. The van der Waals surface area contributed by atoms with Gasteiger partial charge in [0.1, 0.15) is 24.5 Å². The van der Waals surface area contributed by atoms with Gasteiger partial charge in [0.05, 0.1) is 9.30 Å². The van der Waals surface area contributed by atoms with Crippen LogP contribution in [0.2, 0.25) is 0 Å². The molecule has 2 aliphatic rings. The molecule has 0 aliphatic carbocycles. The maximum absolute atomic E-state index is 12.3. The highest BCUT2D eigenvalue weighted by atomic mass is 16.6. The van der Waals surface area contributed by atoms with Gasteiger partial charge in [0.2, 0.25) is 0 Å². The van der Waals surface area contributed by atoms with E-state index in [0.717, 1.165) is 4.90 Å². The lowest BCUT2D eigenvalue weighted by Gasteiger charge is -2.32. The molecule has 134 valence electrons. The number of benzene rings is 1. The van der Waals surface area contributed by atoms with Gasteiger partial charge in [-0.25, -0.2) is 4.79 Å². The van der Waals surface area contributed by atoms with Crippen molar-refractivity contribution in [2.24, 2.45) is 0 Å². The van der Waals surface area contributed by atoms with Crippen molar-refractivity contribution < 1.29 is 32.4 Å². The van der Waals surface area contributed by atoms with Gasteiger partial charge in [0.25, 0.3) is 5.91 Å². The summed E-state index contributed by atoms with van der Waals surface area (Å²) in [5.41, 5.74) is 0.410. The van der Waals surface area contributed by atoms with Crippen molar-refractivity contribution in [2.45, 2.75) is 30.7 Å². The Labute approximate surface area is 146 Å². The second-order valence-corrected chi connectivity index (χ2v) is 5.57. The molecule has 1 saturated heterocycles. The molecule has 5 atom stereocenters. The van der Waals surface area contributed by atoms with Crippen molar-refractivity contribution in [3.05, 3.63) is 48.2 Å². The second-order valence-electron chi connectivity index (χ2n) is 5.57. The summed E-state index contributed by atoms with van der Waals surface area (Å²) in [5.74, 6) is -0.403. The molecule has 1 fully saturated rings. The molecular formula is C16H19N3O6. The first kappa shape index (κ1) is 14.8. The first-order chi connectivity index (χ1) is 12.7. The van der Waals surface area contributed by atoms with Gasteiger partial charge in [0, 0.05) is 11.8 Å². The van der Waals surface area contributed by atoms with Crippen LogP contribution in [0.25, 0.3) is 0 Å². The van der Waals surface area contributed by atoms with E-state index in [0.29, 0.717) is 5.56 Å². The lowest BCUT2D eigenvalue weighted by Crippen LogP contribution is -2.57. The van der Waals surface area contributed by atoms with E-state index in [9.17, 15) is 24.9 Å². The minimum Gasteiger partial charge on any atom is -0.394 e. The predicted octanol–water partition coefficient (Wildman–Crippen LogP) is -1.28. The molecule has 9 heteroatoms. The number of aliphatic hydroxyl groups is 3. The number of carbonyl (C=O) groups excluding carboxylic acids is 2. The van der Waals surface area contributed by atoms with E-state index in [1.165, 1.54) is 12.3 Å². The Morgan fingerprint density at radius 1 is 1.32 bits per heavy atom. The average Bonchev–Trinajstić information content (AvgIpc) is 2.91. The predicted molar refractivity (Wildman–Crippen MR) is 85.0 cm³/mol. The van der Waals surface area contributed by atoms with Crippen molar-refractivity contribution in [2.75, 3.05) is 6.56 Å². The van der Waals surface area contributed by atoms with Crippen LogP contribution in [0.3, 0.4) is 0 Å². The summed E-state index contributed by atoms with van der Waals surface area (Å²) in [5, 5.41) is 34.4. The summed E-state index contributed by atoms with van der Waals surface area (Å²) >= 11 is 0. The summed E-state index contributed by atoms with van der Waals surface area (Å²) in [7, 11) is 0. The molecule has 1 aromatic rings. The molecule has 0 radical (unpaired) electrons. The van der Waals surface area contributed by atoms with Gasteiger partial charge in [-0.3, -0.25) is 9.69 Å². The van der Waals surface area contributed by atoms with Crippen molar-refractivity contribution in [3.8, 4) is 0 Å². The van der Waals surface area contributed by atoms with Gasteiger partial charge in [-0.15, -0.1) is 0 Å². The highest BCUT2D eigenvalue weighted by Crippen LogP contribution is 2.25. The van der Waals surface area contributed by atoms with Crippen LogP contribution in [-0.4, -0.2) is 69.4 Å². The van der Waals surface area contributed by atoms with Gasteiger partial charge in [0.15, 0.2) is 6.23 Å². The Morgan fingerprint density at radius 3 is 2.64 bits per heavy atom. The van der Waals surface area contributed by atoms with Crippen molar-refractivity contribution in [3.63, 3.8) is 0 Å². The number of aliphatic hydroxyl groups excluding tert-OH is 2. The van der Waals surface area contributed by atoms with E-state index in [1.807, 2.05) is 0 Å². The first-order valence-electron chi connectivity index (χ1n) is 8.55. The van der Waals surface area contributed by atoms with Crippen LogP contribution in [-0.2, 0) is 4.74 Å². The van der Waals surface area contributed by atoms with E-state index in [4.69, 9.17) is 7.48 Å². The van der Waals surface area contributed by atoms with Crippen LogP contribution >= 0.6 is 0 Å². The number of ether oxygens (including phenoxy) is 1. The number of nitrogens with one attached hydrogen (secondary N) is 2. The zero-order chi connectivity index (χ0) is 19.8. The van der Waals surface area contributed by atoms with E-state index in [-0.39, 0.29) is 0 Å². The largest absolute Gasteiger partial charge is 0.394 e. The van der Waals surface area contributed by atoms with Crippen molar-refractivity contribution in [1.29, 1.82) is 0 Å². The fourth-order valence-corrected chi connectivity index (χ4v) is 2.60. The molecule has 0 spiro atoms. The Balaban J connectivity index is 1.67. The number of nitrogens with zero attached hydrogens (tertiary/aromatic N) is 1. The number of amides is 3. The number of hydrogen-bond donors (Lipinski definition) is 5. The zero-order valence-corrected chi connectivity index (χ0v) is 12.9. The molecule has 0 saturated carbocycles. The van der Waals surface area contributed by atoms with E-state index >= 15 is 0 Å². The van der Waals surface area contributed by atoms with Gasteiger partial charge in [-0.05, 0) is 18.2 Å². The molecule has 2 aliphatic heterocycles. The lowest BCUT2D eigenvalue weighted by atomic mass is 10.1. The molecule has 0 aromatic heterocycles. The number of carbonyl (C=O) groups is 2. The fourth-order valence-electron chi connectivity index (χ4n) is 2.60. The maximum Gasteiger partial charge on any atom is 0.325 e. The van der Waals surface area contributed by atoms with Gasteiger partial charge in [-0.1, -0.05) is 18.2 Å². The van der Waals surface area contributed by atoms with Crippen LogP contribution in [0.1, 0.15) is 13.1 Å². The third kappa shape index (κ3) is 3.49. The van der Waals surface area contributed by atoms with E-state index in [2.05, 4.69) is 10.6 Å². The van der Waals surface area contributed by atoms with Crippen LogP contribution in [0, 0.1) is 0 Å². The van der Waals surface area contributed by atoms with Gasteiger partial charge in [-0.2, -0.15) is 0 Å². The summed E-state index contributed by atoms with van der Waals surface area (Å²) in [6.45, 7) is -2.91. The van der Waals surface area contributed by atoms with Gasteiger partial charge < -0.3 is 30.7 Å². The van der Waals surface area contributed by atoms with Crippen LogP contribution in [0.15, 0.2) is 42.6 Å². The van der Waals surface area contributed by atoms with Crippen LogP contribution < -0.4 is 10.6 Å². The van der Waals surface area contributed by atoms with Crippen LogP contribution in [0.4, 0.5) is 4.79 Å². The monoisotopic (exact) mass is 351 g/mol. The van der Waals surface area contributed by atoms with Crippen LogP contribution in [0.5, 0.6) is 0 Å². The Bertz CT molecular complexity index is 741. The number of rotatable bonds is 4. The Morgan fingerprint density at radius 2 is 2.04 bits per heavy atom. The standard InChI is InChI=1S/C16H19N3O6/c20-8-10-12(21)13(22)15(25-10)19-7-6-11(18-16(19)24)17-14(23)9-4-2-1-3-5-9/h1-7,10-13,15,20-22H,8H2,(H,17,23)(H,18,24)/t10-,11?,12-,13-,15-/m1/s1/i8D2. The Hall–Kier alpha value is -2.46. The molecule has 0 bridgehead atoms. The summed E-state index contributed by atoms with van der Waals surface area (Å²) in [6.07, 6.45) is -4.65. The van der Waals surface area contributed by atoms with Crippen molar-refractivity contribution in [1.82, 2.24) is 15.5 Å². The molecule has 5 N–H and O–H groups in total. The van der Waals surface area contributed by atoms with Crippen molar-refractivity contribution >= 4 is 11.9 Å². The molecule has 1 aromatic carbocycles. The number of hydrogen-bond acceptors (Lipinski definition) is 6. The van der Waals surface area contributed by atoms with E-state index < -0.39 is 49.2 Å². The van der Waals surface area contributed by atoms with Gasteiger partial charge >= 0.3 is 6.03 Å². The SMILES string of the molecule is [2H]C([2H])(O)[C@H]1O[C@@H](N2C=CC(NC(=O)c3ccccc3)NC2=O)[C@H](O)[C@@H]1O. The number of urea groups is 1. The molecule has 25 heavy (non-hydrogen) atoms. The molecule has 2 heterocycles. The maximum atomic E-state index is 12.3. The molecular weight excluding hydrogens is 330 g/mol. The third-order valence-corrected chi connectivity index (χ3v) is 3.91. The summed E-state index contributed by atoms with van der Waals surface area (Å²) in [4.78, 5) is 25.3. The minimum atomic E-state index is -2.91. The highest BCUT2D eigenvalue weighted by Gasteiger charge is 2.46. The normalized spacial score (nSPS) is 33.5. The Kier molecular flexibility index (Phi) is 4.27. The topological polar surface area (TPSA) is 131 Å². The smallest absolute Gasteiger partial charge is 0.325 e. The quantitative estimate of drug-likeness (QED) is 0.459. The third-order valence-electron chi connectivity index (χ3n) is 3.91. The molecule has 9 nitrogen and oxygen atoms in total. The molecule has 1 unspecified atom stereocenters. The minimum absolute atomic E-state index is 0.403. The molecule has 3 rings (SSSR count). The molecule has 3 amide bonds. The van der Waals surface area contributed by atoms with E-state index in [1.54, 1.807) is 30.3 Å². The first-order valence-corrected chi connectivity index (χ1v) is 7.55. The fraction of sp³-hybridized carbons (Fsp3) is 0.375. The second kappa shape index (κ2) is 7.19. The average molecular weight is 351 g/mol. The zero-order valence-electron chi connectivity index (χ0n) is 14.9.